The number of allylic oxidation sites excluding steroid dienone is 2. The van der Waals surface area contributed by atoms with Crippen molar-refractivity contribution in [3.05, 3.63) is 11.6 Å². The van der Waals surface area contributed by atoms with Gasteiger partial charge in [-0.25, -0.2) is 0 Å². The maximum Gasteiger partial charge on any atom is 0.174 e. The Balaban J connectivity index is 2.07. The summed E-state index contributed by atoms with van der Waals surface area (Å²) in [5.41, 5.74) is 0.337. The molecule has 0 aromatic carbocycles. The molecular weight excluding hydrogens is 268 g/mol. The molecule has 2 atom stereocenters. The molecule has 2 N–H and O–H groups in total. The summed E-state index contributed by atoms with van der Waals surface area (Å²) in [5.74, 6) is -0.480. The lowest BCUT2D eigenvalue weighted by molar-refractivity contribution is -0.238. The number of aliphatic hydroxyl groups excluding tert-OH is 1. The Morgan fingerprint density at radius 3 is 2.62 bits per heavy atom. The maximum absolute atomic E-state index is 9.97. The van der Waals surface area contributed by atoms with Crippen molar-refractivity contribution in [2.24, 2.45) is 5.41 Å². The average molecular weight is 298 g/mol. The van der Waals surface area contributed by atoms with Gasteiger partial charge in [-0.05, 0) is 46.0 Å². The van der Waals surface area contributed by atoms with Crippen molar-refractivity contribution in [3.63, 3.8) is 0 Å². The predicted molar refractivity (Wildman–Crippen MR) is 81.9 cm³/mol. The van der Waals surface area contributed by atoms with E-state index in [-0.39, 0.29) is 12.0 Å². The molecule has 122 valence electrons. The van der Waals surface area contributed by atoms with Crippen LogP contribution in [0.25, 0.3) is 0 Å². The highest BCUT2D eigenvalue weighted by Gasteiger charge is 2.52. The zero-order chi connectivity index (χ0) is 15.6. The molecule has 0 bridgehead atoms. The summed E-state index contributed by atoms with van der Waals surface area (Å²) in [4.78, 5) is 0. The topological polar surface area (TPSA) is 58.9 Å². The summed E-state index contributed by atoms with van der Waals surface area (Å²) in [7, 11) is 0. The first-order chi connectivity index (χ1) is 9.83. The molecule has 1 aliphatic carbocycles. The smallest absolute Gasteiger partial charge is 0.174 e. The van der Waals surface area contributed by atoms with Crippen LogP contribution in [0.15, 0.2) is 11.6 Å². The number of rotatable bonds is 5. The van der Waals surface area contributed by atoms with Crippen LogP contribution in [0.2, 0.25) is 0 Å². The highest BCUT2D eigenvalue weighted by molar-refractivity contribution is 5.09. The van der Waals surface area contributed by atoms with E-state index in [9.17, 15) is 10.2 Å². The van der Waals surface area contributed by atoms with E-state index < -0.39 is 11.4 Å². The Morgan fingerprint density at radius 1 is 1.33 bits per heavy atom. The van der Waals surface area contributed by atoms with Gasteiger partial charge in [0.25, 0.3) is 0 Å². The van der Waals surface area contributed by atoms with Crippen LogP contribution in [0.1, 0.15) is 59.3 Å². The third-order valence-electron chi connectivity index (χ3n) is 5.21. The van der Waals surface area contributed by atoms with E-state index in [2.05, 4.69) is 19.9 Å². The van der Waals surface area contributed by atoms with Crippen molar-refractivity contribution in [2.45, 2.75) is 70.7 Å². The minimum Gasteiger partial charge on any atom is -0.393 e. The van der Waals surface area contributed by atoms with Gasteiger partial charge in [0.2, 0.25) is 0 Å². The molecule has 4 nitrogen and oxygen atoms in total. The van der Waals surface area contributed by atoms with Gasteiger partial charge in [0.1, 0.15) is 0 Å². The molecule has 1 aliphatic heterocycles. The van der Waals surface area contributed by atoms with Crippen molar-refractivity contribution in [2.75, 3.05) is 19.8 Å². The fraction of sp³-hybridized carbons (Fsp3) is 0.882. The molecule has 0 saturated carbocycles. The highest BCUT2D eigenvalue weighted by Crippen LogP contribution is 2.50. The van der Waals surface area contributed by atoms with Crippen LogP contribution in [0.3, 0.4) is 0 Å². The molecule has 1 heterocycles. The highest BCUT2D eigenvalue weighted by atomic mass is 16.7. The van der Waals surface area contributed by atoms with Gasteiger partial charge in [0.15, 0.2) is 5.79 Å². The molecule has 21 heavy (non-hydrogen) atoms. The lowest BCUT2D eigenvalue weighted by Crippen LogP contribution is -2.47. The third-order valence-corrected chi connectivity index (χ3v) is 5.21. The molecule has 0 radical (unpaired) electrons. The first kappa shape index (κ1) is 16.9. The Morgan fingerprint density at radius 2 is 2.00 bits per heavy atom. The molecular formula is C17H30O4. The number of hydrogen-bond donors (Lipinski definition) is 2. The van der Waals surface area contributed by atoms with Crippen molar-refractivity contribution >= 4 is 0 Å². The monoisotopic (exact) mass is 298 g/mol. The van der Waals surface area contributed by atoms with Gasteiger partial charge in [-0.3, -0.25) is 0 Å². The first-order valence-electron chi connectivity index (χ1n) is 8.09. The second kappa shape index (κ2) is 6.37. The van der Waals surface area contributed by atoms with Crippen LogP contribution in [-0.2, 0) is 9.47 Å². The molecule has 1 saturated heterocycles. The molecule has 0 aromatic heterocycles. The Kier molecular flexibility index (Phi) is 5.14. The second-order valence-electron chi connectivity index (χ2n) is 7.27. The lowest BCUT2D eigenvalue weighted by atomic mass is 9.73. The molecule has 1 unspecified atom stereocenters. The third kappa shape index (κ3) is 3.67. The molecule has 1 spiro atoms. The summed E-state index contributed by atoms with van der Waals surface area (Å²) in [6.07, 6.45) is 7.55. The molecule has 2 aliphatic rings. The fourth-order valence-electron chi connectivity index (χ4n) is 3.50. The van der Waals surface area contributed by atoms with E-state index in [1.807, 2.05) is 0 Å². The van der Waals surface area contributed by atoms with Crippen molar-refractivity contribution in [1.82, 2.24) is 0 Å². The van der Waals surface area contributed by atoms with E-state index >= 15 is 0 Å². The van der Waals surface area contributed by atoms with Gasteiger partial charge in [0, 0.05) is 11.8 Å². The van der Waals surface area contributed by atoms with Gasteiger partial charge in [-0.2, -0.15) is 0 Å². The Hall–Kier alpha value is -0.420. The van der Waals surface area contributed by atoms with Crippen molar-refractivity contribution < 1.29 is 19.7 Å². The summed E-state index contributed by atoms with van der Waals surface area (Å²) in [5, 5.41) is 19.1. The van der Waals surface area contributed by atoms with Gasteiger partial charge < -0.3 is 19.7 Å². The molecule has 0 aromatic rings. The number of ether oxygens (including phenoxy) is 2. The summed E-state index contributed by atoms with van der Waals surface area (Å²) < 4.78 is 12.1. The molecule has 0 amide bonds. The van der Waals surface area contributed by atoms with Gasteiger partial charge in [0.05, 0.1) is 25.4 Å². The van der Waals surface area contributed by atoms with E-state index in [0.29, 0.717) is 19.6 Å². The summed E-state index contributed by atoms with van der Waals surface area (Å²) in [6, 6.07) is 0. The molecule has 1 fully saturated rings. The zero-order valence-electron chi connectivity index (χ0n) is 13.7. The molecule has 2 rings (SSSR count). The largest absolute Gasteiger partial charge is 0.393 e. The normalized spacial score (nSPS) is 31.8. The zero-order valence-corrected chi connectivity index (χ0v) is 13.7. The van der Waals surface area contributed by atoms with Gasteiger partial charge >= 0.3 is 0 Å². The average Bonchev–Trinajstić information content (AvgIpc) is 2.89. The van der Waals surface area contributed by atoms with E-state index in [1.165, 1.54) is 5.57 Å². The predicted octanol–water partition coefficient (Wildman–Crippen LogP) is 2.78. The van der Waals surface area contributed by atoms with E-state index in [1.54, 1.807) is 6.92 Å². The Bertz CT molecular complexity index is 382. The van der Waals surface area contributed by atoms with Crippen LogP contribution >= 0.6 is 0 Å². The summed E-state index contributed by atoms with van der Waals surface area (Å²) in [6.45, 7) is 7.24. The lowest BCUT2D eigenvalue weighted by Gasteiger charge is -2.44. The standard InChI is InChI=1S/C17H30O4/c1-14-5-9-15(2,7-4-8-16(3,19)13-18)17(10-6-14)20-11-12-21-17/h5,18-19H,4,6-13H2,1-3H3/t15-,16?/m1/s1. The van der Waals surface area contributed by atoms with Crippen LogP contribution in [0.4, 0.5) is 0 Å². The van der Waals surface area contributed by atoms with Crippen LogP contribution in [-0.4, -0.2) is 41.4 Å². The quantitative estimate of drug-likeness (QED) is 0.766. The van der Waals surface area contributed by atoms with E-state index in [4.69, 9.17) is 9.47 Å². The second-order valence-corrected chi connectivity index (χ2v) is 7.27. The van der Waals surface area contributed by atoms with Gasteiger partial charge in [-0.1, -0.05) is 18.6 Å². The number of hydrogen-bond acceptors (Lipinski definition) is 4. The Labute approximate surface area is 128 Å². The van der Waals surface area contributed by atoms with E-state index in [0.717, 1.165) is 32.1 Å². The van der Waals surface area contributed by atoms with Crippen molar-refractivity contribution in [1.29, 1.82) is 0 Å². The van der Waals surface area contributed by atoms with Crippen LogP contribution < -0.4 is 0 Å². The SMILES string of the molecule is CC1=CC[C@@](C)(CCCC(C)(O)CO)C2(CC1)OCCO2. The van der Waals surface area contributed by atoms with Crippen molar-refractivity contribution in [3.8, 4) is 0 Å². The fourth-order valence-corrected chi connectivity index (χ4v) is 3.50. The minimum absolute atomic E-state index is 0.0766. The van der Waals surface area contributed by atoms with Crippen LogP contribution in [0.5, 0.6) is 0 Å². The minimum atomic E-state index is -0.989. The molecule has 4 heteroatoms. The maximum atomic E-state index is 9.97. The number of aliphatic hydroxyl groups is 2. The van der Waals surface area contributed by atoms with Gasteiger partial charge in [-0.15, -0.1) is 0 Å². The first-order valence-corrected chi connectivity index (χ1v) is 8.09. The summed E-state index contributed by atoms with van der Waals surface area (Å²) >= 11 is 0. The van der Waals surface area contributed by atoms with Crippen LogP contribution in [0, 0.1) is 5.41 Å².